The lowest BCUT2D eigenvalue weighted by Crippen LogP contribution is -1.96. The molecule has 0 aliphatic rings. The Bertz CT molecular complexity index is 519. The molecular formula is C11H9BrClN3S. The van der Waals surface area contributed by atoms with Crippen molar-refractivity contribution >= 4 is 50.8 Å². The number of hydrogen-bond acceptors (Lipinski definition) is 4. The highest BCUT2D eigenvalue weighted by molar-refractivity contribution is 9.10. The first-order valence-corrected chi connectivity index (χ1v) is 7.17. The number of anilines is 2. The number of nitrogens with one attached hydrogen (secondary N) is 1. The van der Waals surface area contributed by atoms with E-state index in [4.69, 9.17) is 11.6 Å². The third-order valence-corrected chi connectivity index (χ3v) is 4.11. The summed E-state index contributed by atoms with van der Waals surface area (Å²) in [6, 6.07) is 8.08. The lowest BCUT2D eigenvalue weighted by atomic mass is 10.3. The van der Waals surface area contributed by atoms with Crippen molar-refractivity contribution in [2.24, 2.45) is 0 Å². The summed E-state index contributed by atoms with van der Waals surface area (Å²) in [7, 11) is 0. The Balaban J connectivity index is 2.22. The molecule has 0 unspecified atom stereocenters. The van der Waals surface area contributed by atoms with Gasteiger partial charge in [0.15, 0.2) is 0 Å². The predicted molar refractivity (Wildman–Crippen MR) is 76.2 cm³/mol. The van der Waals surface area contributed by atoms with Gasteiger partial charge in [-0.05, 0) is 46.5 Å². The topological polar surface area (TPSA) is 37.8 Å². The lowest BCUT2D eigenvalue weighted by molar-refractivity contribution is 1.15. The monoisotopic (exact) mass is 329 g/mol. The summed E-state index contributed by atoms with van der Waals surface area (Å²) in [5.41, 5.74) is 0.957. The molecule has 0 saturated carbocycles. The molecule has 0 radical (unpaired) electrons. The molecule has 17 heavy (non-hydrogen) atoms. The molecule has 88 valence electrons. The fourth-order valence-electron chi connectivity index (χ4n) is 1.25. The number of hydrogen-bond donors (Lipinski definition) is 1. The SMILES string of the molecule is CSc1ccc(Nc2ncnc(Cl)c2Br)cc1. The molecule has 0 bridgehead atoms. The van der Waals surface area contributed by atoms with Gasteiger partial charge in [-0.15, -0.1) is 11.8 Å². The zero-order valence-electron chi connectivity index (χ0n) is 8.95. The van der Waals surface area contributed by atoms with Crippen LogP contribution >= 0.6 is 39.3 Å². The number of aromatic nitrogens is 2. The van der Waals surface area contributed by atoms with Gasteiger partial charge in [0.25, 0.3) is 0 Å². The number of benzene rings is 1. The van der Waals surface area contributed by atoms with Gasteiger partial charge in [-0.3, -0.25) is 0 Å². The second-order valence-electron chi connectivity index (χ2n) is 3.18. The maximum atomic E-state index is 5.89. The minimum atomic E-state index is 0.392. The highest BCUT2D eigenvalue weighted by Gasteiger charge is 2.06. The Hall–Kier alpha value is -0.780. The molecule has 0 atom stereocenters. The molecule has 0 aliphatic heterocycles. The molecule has 1 aromatic carbocycles. The average molecular weight is 331 g/mol. The number of nitrogens with zero attached hydrogens (tertiary/aromatic N) is 2. The summed E-state index contributed by atoms with van der Waals surface area (Å²) in [5.74, 6) is 0.655. The van der Waals surface area contributed by atoms with Crippen LogP contribution in [0.4, 0.5) is 11.5 Å². The van der Waals surface area contributed by atoms with Gasteiger partial charge >= 0.3 is 0 Å². The van der Waals surface area contributed by atoms with Crippen molar-refractivity contribution in [2.75, 3.05) is 11.6 Å². The van der Waals surface area contributed by atoms with Crippen molar-refractivity contribution in [1.82, 2.24) is 9.97 Å². The van der Waals surface area contributed by atoms with Crippen LogP contribution in [0.15, 0.2) is 40.0 Å². The Labute approximate surface area is 117 Å². The van der Waals surface area contributed by atoms with Gasteiger partial charge in [-0.1, -0.05) is 11.6 Å². The van der Waals surface area contributed by atoms with Gasteiger partial charge in [0.2, 0.25) is 0 Å². The molecule has 0 aliphatic carbocycles. The van der Waals surface area contributed by atoms with Crippen LogP contribution in [0.5, 0.6) is 0 Å². The first kappa shape index (κ1) is 12.7. The Morgan fingerprint density at radius 1 is 1.24 bits per heavy atom. The van der Waals surface area contributed by atoms with E-state index in [-0.39, 0.29) is 0 Å². The predicted octanol–water partition coefficient (Wildman–Crippen LogP) is 4.36. The number of halogens is 2. The van der Waals surface area contributed by atoms with Gasteiger partial charge < -0.3 is 5.32 Å². The second-order valence-corrected chi connectivity index (χ2v) is 5.21. The van der Waals surface area contributed by atoms with Crippen LogP contribution in [0.25, 0.3) is 0 Å². The molecule has 2 aromatic rings. The van der Waals surface area contributed by atoms with Crippen LogP contribution in [0, 0.1) is 0 Å². The quantitative estimate of drug-likeness (QED) is 0.670. The van der Waals surface area contributed by atoms with E-state index in [0.29, 0.717) is 15.4 Å². The van der Waals surface area contributed by atoms with Gasteiger partial charge in [-0.25, -0.2) is 9.97 Å². The molecule has 0 amide bonds. The summed E-state index contributed by atoms with van der Waals surface area (Å²) >= 11 is 10.9. The van der Waals surface area contributed by atoms with E-state index >= 15 is 0 Å². The van der Waals surface area contributed by atoms with E-state index in [1.807, 2.05) is 30.5 Å². The van der Waals surface area contributed by atoms with Crippen molar-refractivity contribution in [2.45, 2.75) is 4.90 Å². The molecule has 2 rings (SSSR count). The Kier molecular flexibility index (Phi) is 4.25. The third kappa shape index (κ3) is 3.12. The van der Waals surface area contributed by atoms with Gasteiger partial charge in [0.1, 0.15) is 17.3 Å². The first-order chi connectivity index (χ1) is 8.20. The first-order valence-electron chi connectivity index (χ1n) is 4.78. The minimum Gasteiger partial charge on any atom is -0.339 e. The second kappa shape index (κ2) is 5.71. The molecule has 1 aromatic heterocycles. The van der Waals surface area contributed by atoms with E-state index in [0.717, 1.165) is 5.69 Å². The van der Waals surface area contributed by atoms with Crippen molar-refractivity contribution in [3.05, 3.63) is 40.2 Å². The zero-order chi connectivity index (χ0) is 12.3. The maximum Gasteiger partial charge on any atom is 0.149 e. The smallest absolute Gasteiger partial charge is 0.149 e. The molecular weight excluding hydrogens is 322 g/mol. The zero-order valence-corrected chi connectivity index (χ0v) is 12.1. The Morgan fingerprint density at radius 2 is 1.94 bits per heavy atom. The Morgan fingerprint density at radius 3 is 2.59 bits per heavy atom. The fourth-order valence-corrected chi connectivity index (χ4v) is 2.09. The van der Waals surface area contributed by atoms with Crippen LogP contribution < -0.4 is 5.32 Å². The van der Waals surface area contributed by atoms with Crippen LogP contribution in [-0.4, -0.2) is 16.2 Å². The average Bonchev–Trinajstić information content (AvgIpc) is 2.36. The normalized spacial score (nSPS) is 10.3. The van der Waals surface area contributed by atoms with Crippen LogP contribution in [0.3, 0.4) is 0 Å². The van der Waals surface area contributed by atoms with E-state index in [9.17, 15) is 0 Å². The van der Waals surface area contributed by atoms with E-state index < -0.39 is 0 Å². The molecule has 1 N–H and O–H groups in total. The molecule has 0 saturated heterocycles. The van der Waals surface area contributed by atoms with E-state index in [1.165, 1.54) is 11.2 Å². The van der Waals surface area contributed by atoms with Gasteiger partial charge in [-0.2, -0.15) is 0 Å². The highest BCUT2D eigenvalue weighted by atomic mass is 79.9. The summed E-state index contributed by atoms with van der Waals surface area (Å²) in [6.45, 7) is 0. The standard InChI is InChI=1S/C11H9BrClN3S/c1-17-8-4-2-7(3-5-8)16-11-9(12)10(13)14-6-15-11/h2-6H,1H3,(H,14,15,16). The molecule has 6 heteroatoms. The summed E-state index contributed by atoms with van der Waals surface area (Å²) in [6.07, 6.45) is 3.47. The van der Waals surface area contributed by atoms with Gasteiger partial charge in [0, 0.05) is 10.6 Å². The molecule has 3 nitrogen and oxygen atoms in total. The fraction of sp³-hybridized carbons (Fsp3) is 0.0909. The number of rotatable bonds is 3. The van der Waals surface area contributed by atoms with Crippen LogP contribution in [0.2, 0.25) is 5.15 Å². The van der Waals surface area contributed by atoms with E-state index in [1.54, 1.807) is 11.8 Å². The van der Waals surface area contributed by atoms with Crippen molar-refractivity contribution in [3.63, 3.8) is 0 Å². The van der Waals surface area contributed by atoms with Crippen molar-refractivity contribution in [3.8, 4) is 0 Å². The third-order valence-electron chi connectivity index (χ3n) is 2.10. The summed E-state index contributed by atoms with van der Waals surface area (Å²) in [4.78, 5) is 9.21. The van der Waals surface area contributed by atoms with Crippen molar-refractivity contribution < 1.29 is 0 Å². The molecule has 0 spiro atoms. The van der Waals surface area contributed by atoms with Crippen LogP contribution in [-0.2, 0) is 0 Å². The largest absolute Gasteiger partial charge is 0.339 e. The lowest BCUT2D eigenvalue weighted by Gasteiger charge is -2.08. The molecule has 1 heterocycles. The molecule has 0 fully saturated rings. The summed E-state index contributed by atoms with van der Waals surface area (Å²) in [5, 5.41) is 3.56. The van der Waals surface area contributed by atoms with Crippen molar-refractivity contribution in [1.29, 1.82) is 0 Å². The minimum absolute atomic E-state index is 0.392. The van der Waals surface area contributed by atoms with Crippen LogP contribution in [0.1, 0.15) is 0 Å². The maximum absolute atomic E-state index is 5.89. The summed E-state index contributed by atoms with van der Waals surface area (Å²) < 4.78 is 0.663. The van der Waals surface area contributed by atoms with E-state index in [2.05, 4.69) is 31.2 Å². The van der Waals surface area contributed by atoms with Gasteiger partial charge in [0.05, 0.1) is 4.47 Å². The highest BCUT2D eigenvalue weighted by Crippen LogP contribution is 2.29. The number of thioether (sulfide) groups is 1.